The van der Waals surface area contributed by atoms with Crippen molar-refractivity contribution >= 4 is 12.2 Å². The highest BCUT2D eigenvalue weighted by molar-refractivity contribution is 5.43. The SMILES string of the molecule is OCc1cc2c(cn1)=CCC=CC=2. The number of aliphatic hydroxyl groups excluding tert-OH is 1. The summed E-state index contributed by atoms with van der Waals surface area (Å²) in [7, 11) is 0. The van der Waals surface area contributed by atoms with Crippen LogP contribution in [-0.2, 0) is 6.61 Å². The van der Waals surface area contributed by atoms with Gasteiger partial charge in [0.05, 0.1) is 12.3 Å². The normalized spacial score (nSPS) is 13.9. The molecule has 66 valence electrons. The number of aliphatic hydroxyl groups is 1. The highest BCUT2D eigenvalue weighted by Crippen LogP contribution is 1.90. The van der Waals surface area contributed by atoms with E-state index in [0.717, 1.165) is 22.6 Å². The molecule has 2 heteroatoms. The summed E-state index contributed by atoms with van der Waals surface area (Å²) >= 11 is 0. The molecule has 0 aromatic carbocycles. The summed E-state index contributed by atoms with van der Waals surface area (Å²) in [4.78, 5) is 4.12. The summed E-state index contributed by atoms with van der Waals surface area (Å²) in [5.74, 6) is 0. The zero-order chi connectivity index (χ0) is 9.10. The summed E-state index contributed by atoms with van der Waals surface area (Å²) < 4.78 is 0. The zero-order valence-electron chi connectivity index (χ0n) is 7.27. The van der Waals surface area contributed by atoms with Crippen molar-refractivity contribution in [3.8, 4) is 0 Å². The van der Waals surface area contributed by atoms with Gasteiger partial charge in [0.25, 0.3) is 0 Å². The van der Waals surface area contributed by atoms with Crippen LogP contribution < -0.4 is 10.4 Å². The molecule has 2 nitrogen and oxygen atoms in total. The molecular formula is C11H11NO. The first-order chi connectivity index (χ1) is 6.40. The standard InChI is InChI=1S/C11H11NO/c13-8-11-6-9-4-2-1-3-5-10(9)7-12-11/h1-2,4-7,13H,3,8H2. The second-order valence-electron chi connectivity index (χ2n) is 3.00. The molecule has 0 unspecified atom stereocenters. The molecule has 0 saturated carbocycles. The number of fused-ring (bicyclic) bond motifs is 1. The maximum Gasteiger partial charge on any atom is 0.0853 e. The van der Waals surface area contributed by atoms with Gasteiger partial charge in [-0.15, -0.1) is 0 Å². The Balaban J connectivity index is 2.67. The van der Waals surface area contributed by atoms with Crippen molar-refractivity contribution in [3.05, 3.63) is 40.5 Å². The average Bonchev–Trinajstić information content (AvgIpc) is 2.41. The van der Waals surface area contributed by atoms with Gasteiger partial charge in [0.2, 0.25) is 0 Å². The minimum atomic E-state index is 0.00480. The van der Waals surface area contributed by atoms with Gasteiger partial charge < -0.3 is 5.11 Å². The van der Waals surface area contributed by atoms with Crippen molar-refractivity contribution in [2.24, 2.45) is 0 Å². The average molecular weight is 173 g/mol. The summed E-state index contributed by atoms with van der Waals surface area (Å²) in [5.41, 5.74) is 0.721. The zero-order valence-corrected chi connectivity index (χ0v) is 7.27. The highest BCUT2D eigenvalue weighted by atomic mass is 16.3. The topological polar surface area (TPSA) is 33.1 Å². The molecule has 1 N–H and O–H groups in total. The van der Waals surface area contributed by atoms with Crippen LogP contribution in [0.4, 0.5) is 0 Å². The van der Waals surface area contributed by atoms with Crippen molar-refractivity contribution in [2.75, 3.05) is 0 Å². The molecule has 0 spiro atoms. The van der Waals surface area contributed by atoms with E-state index in [1.807, 2.05) is 24.4 Å². The lowest BCUT2D eigenvalue weighted by atomic mass is 10.2. The minimum absolute atomic E-state index is 0.00480. The van der Waals surface area contributed by atoms with Crippen molar-refractivity contribution in [1.29, 1.82) is 0 Å². The summed E-state index contributed by atoms with van der Waals surface area (Å²) in [6, 6.07) is 1.92. The smallest absolute Gasteiger partial charge is 0.0853 e. The molecule has 0 radical (unpaired) electrons. The number of pyridine rings is 1. The second-order valence-corrected chi connectivity index (χ2v) is 3.00. The van der Waals surface area contributed by atoms with E-state index in [4.69, 9.17) is 5.11 Å². The maximum atomic E-state index is 8.90. The number of aromatic nitrogens is 1. The molecule has 0 bridgehead atoms. The van der Waals surface area contributed by atoms with E-state index < -0.39 is 0 Å². The van der Waals surface area contributed by atoms with E-state index >= 15 is 0 Å². The van der Waals surface area contributed by atoms with Gasteiger partial charge in [-0.2, -0.15) is 0 Å². The first-order valence-electron chi connectivity index (χ1n) is 4.33. The van der Waals surface area contributed by atoms with Crippen LogP contribution >= 0.6 is 0 Å². The van der Waals surface area contributed by atoms with Gasteiger partial charge >= 0.3 is 0 Å². The van der Waals surface area contributed by atoms with Crippen molar-refractivity contribution in [3.63, 3.8) is 0 Å². The lowest BCUT2D eigenvalue weighted by Crippen LogP contribution is -2.25. The van der Waals surface area contributed by atoms with Gasteiger partial charge in [0.1, 0.15) is 0 Å². The molecule has 0 fully saturated rings. The second kappa shape index (κ2) is 3.54. The first kappa shape index (κ1) is 8.20. The third kappa shape index (κ3) is 1.68. The Kier molecular flexibility index (Phi) is 2.23. The predicted octanol–water partition coefficient (Wildman–Crippen LogP) is 0.0948. The number of hydrogen-bond donors (Lipinski definition) is 1. The third-order valence-electron chi connectivity index (χ3n) is 2.07. The molecular weight excluding hydrogens is 162 g/mol. The van der Waals surface area contributed by atoms with E-state index in [0.29, 0.717) is 0 Å². The van der Waals surface area contributed by atoms with Crippen molar-refractivity contribution in [1.82, 2.24) is 4.98 Å². The van der Waals surface area contributed by atoms with Crippen LogP contribution in [0.5, 0.6) is 0 Å². The molecule has 1 aliphatic carbocycles. The highest BCUT2D eigenvalue weighted by Gasteiger charge is 1.93. The molecule has 0 atom stereocenters. The van der Waals surface area contributed by atoms with Crippen LogP contribution in [-0.4, -0.2) is 10.1 Å². The Morgan fingerprint density at radius 1 is 1.38 bits per heavy atom. The van der Waals surface area contributed by atoms with Crippen LogP contribution in [0.25, 0.3) is 12.2 Å². The van der Waals surface area contributed by atoms with Crippen LogP contribution in [0.15, 0.2) is 24.4 Å². The molecule has 0 saturated heterocycles. The number of hydrogen-bond acceptors (Lipinski definition) is 2. The fourth-order valence-corrected chi connectivity index (χ4v) is 1.37. The monoisotopic (exact) mass is 173 g/mol. The van der Waals surface area contributed by atoms with Gasteiger partial charge in [-0.05, 0) is 22.9 Å². The van der Waals surface area contributed by atoms with E-state index in [1.165, 1.54) is 0 Å². The molecule has 1 aliphatic rings. The molecule has 1 heterocycles. The van der Waals surface area contributed by atoms with Crippen molar-refractivity contribution in [2.45, 2.75) is 13.0 Å². The van der Waals surface area contributed by atoms with E-state index in [2.05, 4.69) is 17.1 Å². The largest absolute Gasteiger partial charge is 0.390 e. The van der Waals surface area contributed by atoms with Crippen LogP contribution in [0.1, 0.15) is 12.1 Å². The Hall–Kier alpha value is -1.41. The maximum absolute atomic E-state index is 8.90. The molecule has 0 amide bonds. The number of nitrogens with zero attached hydrogens (tertiary/aromatic N) is 1. The lowest BCUT2D eigenvalue weighted by molar-refractivity contribution is 0.276. The van der Waals surface area contributed by atoms with Gasteiger partial charge in [-0.1, -0.05) is 24.3 Å². The Bertz CT molecular complexity index is 446. The number of allylic oxidation sites excluding steroid dienone is 2. The first-order valence-corrected chi connectivity index (χ1v) is 4.33. The van der Waals surface area contributed by atoms with E-state index in [1.54, 1.807) is 0 Å². The fraction of sp³-hybridized carbons (Fsp3) is 0.182. The summed E-state index contributed by atoms with van der Waals surface area (Å²) in [5, 5.41) is 11.2. The summed E-state index contributed by atoms with van der Waals surface area (Å²) in [6.45, 7) is 0.00480. The van der Waals surface area contributed by atoms with Gasteiger partial charge in [-0.25, -0.2) is 0 Å². The number of rotatable bonds is 1. The summed E-state index contributed by atoms with van der Waals surface area (Å²) in [6.07, 6.45) is 11.1. The van der Waals surface area contributed by atoms with Gasteiger partial charge in [0, 0.05) is 6.20 Å². The Labute approximate surface area is 76.6 Å². The van der Waals surface area contributed by atoms with E-state index in [-0.39, 0.29) is 6.61 Å². The molecule has 13 heavy (non-hydrogen) atoms. The fourth-order valence-electron chi connectivity index (χ4n) is 1.37. The van der Waals surface area contributed by atoms with Crippen LogP contribution in [0.3, 0.4) is 0 Å². The third-order valence-corrected chi connectivity index (χ3v) is 2.07. The quantitative estimate of drug-likeness (QED) is 0.653. The molecule has 0 aliphatic heterocycles. The van der Waals surface area contributed by atoms with Crippen molar-refractivity contribution < 1.29 is 5.11 Å². The molecule has 1 aromatic rings. The van der Waals surface area contributed by atoms with Gasteiger partial charge in [-0.3, -0.25) is 4.98 Å². The Morgan fingerprint density at radius 3 is 3.15 bits per heavy atom. The van der Waals surface area contributed by atoms with Gasteiger partial charge in [0.15, 0.2) is 0 Å². The van der Waals surface area contributed by atoms with E-state index in [9.17, 15) is 0 Å². The van der Waals surface area contributed by atoms with Crippen LogP contribution in [0.2, 0.25) is 0 Å². The predicted molar refractivity (Wildman–Crippen MR) is 52.1 cm³/mol. The molecule has 2 rings (SSSR count). The van der Waals surface area contributed by atoms with Crippen LogP contribution in [0, 0.1) is 0 Å². The molecule has 1 aromatic heterocycles. The minimum Gasteiger partial charge on any atom is -0.390 e. The lowest BCUT2D eigenvalue weighted by Gasteiger charge is -1.94. The Morgan fingerprint density at radius 2 is 2.31 bits per heavy atom.